The van der Waals surface area contributed by atoms with E-state index in [0.29, 0.717) is 0 Å². The van der Waals surface area contributed by atoms with Crippen LogP contribution in [-0.2, 0) is 6.54 Å². The highest BCUT2D eigenvalue weighted by molar-refractivity contribution is 5.97. The Morgan fingerprint density at radius 2 is 2.39 bits per heavy atom. The van der Waals surface area contributed by atoms with E-state index in [1.807, 2.05) is 12.1 Å². The van der Waals surface area contributed by atoms with E-state index in [9.17, 15) is 4.79 Å². The summed E-state index contributed by atoms with van der Waals surface area (Å²) in [5.41, 5.74) is 2.56. The SMILES string of the molecule is CCCNC(=O)c1cc2occc2n1CC1CC1. The number of aromatic nitrogens is 1. The third-order valence-corrected chi connectivity index (χ3v) is 3.43. The quantitative estimate of drug-likeness (QED) is 0.881. The predicted molar refractivity (Wildman–Crippen MR) is 69.6 cm³/mol. The molecule has 0 spiro atoms. The number of nitrogens with zero attached hydrogens (tertiary/aromatic N) is 1. The molecule has 4 heteroatoms. The molecule has 1 amide bonds. The van der Waals surface area contributed by atoms with Gasteiger partial charge in [-0.05, 0) is 25.2 Å². The highest BCUT2D eigenvalue weighted by Crippen LogP contribution is 2.33. The van der Waals surface area contributed by atoms with Gasteiger partial charge in [0.15, 0.2) is 5.58 Å². The van der Waals surface area contributed by atoms with Crippen LogP contribution in [0.1, 0.15) is 36.7 Å². The van der Waals surface area contributed by atoms with Gasteiger partial charge in [-0.2, -0.15) is 0 Å². The van der Waals surface area contributed by atoms with Crippen LogP contribution >= 0.6 is 0 Å². The number of carbonyl (C=O) groups is 1. The molecule has 0 saturated heterocycles. The lowest BCUT2D eigenvalue weighted by Crippen LogP contribution is -2.26. The Labute approximate surface area is 106 Å². The molecule has 1 N–H and O–H groups in total. The normalized spacial score (nSPS) is 15.2. The van der Waals surface area contributed by atoms with Crippen molar-refractivity contribution in [2.75, 3.05) is 6.54 Å². The highest BCUT2D eigenvalue weighted by Gasteiger charge is 2.25. The Balaban J connectivity index is 1.92. The summed E-state index contributed by atoms with van der Waals surface area (Å²) in [6.07, 6.45) is 5.17. The van der Waals surface area contributed by atoms with Crippen LogP contribution in [0.15, 0.2) is 22.8 Å². The van der Waals surface area contributed by atoms with Crippen LogP contribution in [0.3, 0.4) is 0 Å². The van der Waals surface area contributed by atoms with E-state index in [2.05, 4.69) is 16.8 Å². The summed E-state index contributed by atoms with van der Waals surface area (Å²) in [5, 5.41) is 2.93. The fourth-order valence-electron chi connectivity index (χ4n) is 2.25. The van der Waals surface area contributed by atoms with Crippen molar-refractivity contribution >= 4 is 17.0 Å². The Hall–Kier alpha value is -1.71. The average Bonchev–Trinajstić information content (AvgIpc) is 2.95. The van der Waals surface area contributed by atoms with Gasteiger partial charge in [0.05, 0.1) is 11.8 Å². The summed E-state index contributed by atoms with van der Waals surface area (Å²) >= 11 is 0. The molecule has 2 aromatic rings. The van der Waals surface area contributed by atoms with E-state index in [1.54, 1.807) is 6.26 Å². The van der Waals surface area contributed by atoms with Gasteiger partial charge in [-0.1, -0.05) is 6.92 Å². The monoisotopic (exact) mass is 246 g/mol. The Morgan fingerprint density at radius 3 is 3.11 bits per heavy atom. The number of amides is 1. The van der Waals surface area contributed by atoms with Gasteiger partial charge in [-0.3, -0.25) is 4.79 Å². The van der Waals surface area contributed by atoms with Crippen molar-refractivity contribution in [2.45, 2.75) is 32.7 Å². The van der Waals surface area contributed by atoms with Crippen molar-refractivity contribution in [3.8, 4) is 0 Å². The van der Waals surface area contributed by atoms with E-state index >= 15 is 0 Å². The van der Waals surface area contributed by atoms with Crippen molar-refractivity contribution in [1.82, 2.24) is 9.88 Å². The molecule has 0 radical (unpaired) electrons. The predicted octanol–water partition coefficient (Wildman–Crippen LogP) is 2.78. The van der Waals surface area contributed by atoms with Gasteiger partial charge in [0.1, 0.15) is 5.69 Å². The van der Waals surface area contributed by atoms with Gasteiger partial charge >= 0.3 is 0 Å². The van der Waals surface area contributed by atoms with Gasteiger partial charge < -0.3 is 14.3 Å². The summed E-state index contributed by atoms with van der Waals surface area (Å²) in [6.45, 7) is 3.70. The zero-order chi connectivity index (χ0) is 12.5. The molecule has 1 fully saturated rings. The largest absolute Gasteiger partial charge is 0.463 e. The first-order valence-corrected chi connectivity index (χ1v) is 6.64. The van der Waals surface area contributed by atoms with Crippen molar-refractivity contribution < 1.29 is 9.21 Å². The number of hydrogen-bond acceptors (Lipinski definition) is 2. The molecule has 0 unspecified atom stereocenters. The number of carbonyl (C=O) groups excluding carboxylic acids is 1. The molecule has 1 aliphatic rings. The molecular weight excluding hydrogens is 228 g/mol. The minimum atomic E-state index is 0.00361. The van der Waals surface area contributed by atoms with Gasteiger partial charge in [0.25, 0.3) is 5.91 Å². The molecule has 0 atom stereocenters. The van der Waals surface area contributed by atoms with E-state index < -0.39 is 0 Å². The van der Waals surface area contributed by atoms with Crippen molar-refractivity contribution in [1.29, 1.82) is 0 Å². The molecule has 2 heterocycles. The van der Waals surface area contributed by atoms with E-state index in [-0.39, 0.29) is 5.91 Å². The lowest BCUT2D eigenvalue weighted by atomic mass is 10.3. The van der Waals surface area contributed by atoms with E-state index in [1.165, 1.54) is 12.8 Å². The standard InChI is InChI=1S/C14H18N2O2/c1-2-6-15-14(17)12-8-13-11(5-7-18-13)16(12)9-10-3-4-10/h5,7-8,10H,2-4,6,9H2,1H3,(H,15,17). The Morgan fingerprint density at radius 1 is 1.56 bits per heavy atom. The summed E-state index contributed by atoms with van der Waals surface area (Å²) in [4.78, 5) is 12.1. The number of nitrogens with one attached hydrogen (secondary N) is 1. The second-order valence-electron chi connectivity index (χ2n) is 5.01. The molecule has 4 nitrogen and oxygen atoms in total. The molecule has 1 saturated carbocycles. The molecule has 1 aliphatic carbocycles. The average molecular weight is 246 g/mol. The van der Waals surface area contributed by atoms with Crippen molar-refractivity contribution in [2.24, 2.45) is 5.92 Å². The highest BCUT2D eigenvalue weighted by atomic mass is 16.3. The smallest absolute Gasteiger partial charge is 0.268 e. The maximum absolute atomic E-state index is 12.1. The zero-order valence-corrected chi connectivity index (χ0v) is 10.6. The first-order chi connectivity index (χ1) is 8.79. The molecular formula is C14H18N2O2. The molecule has 2 aromatic heterocycles. The third kappa shape index (κ3) is 2.03. The number of furan rings is 1. The summed E-state index contributed by atoms with van der Waals surface area (Å²) in [7, 11) is 0. The van der Waals surface area contributed by atoms with Gasteiger partial charge in [0, 0.05) is 25.2 Å². The lowest BCUT2D eigenvalue weighted by Gasteiger charge is -2.09. The first kappa shape index (κ1) is 11.4. The number of hydrogen-bond donors (Lipinski definition) is 1. The van der Waals surface area contributed by atoms with Gasteiger partial charge in [-0.25, -0.2) is 0 Å². The molecule has 0 bridgehead atoms. The van der Waals surface area contributed by atoms with Gasteiger partial charge in [0.2, 0.25) is 0 Å². The van der Waals surface area contributed by atoms with Crippen LogP contribution < -0.4 is 5.32 Å². The second-order valence-corrected chi connectivity index (χ2v) is 5.01. The topological polar surface area (TPSA) is 47.2 Å². The fourth-order valence-corrected chi connectivity index (χ4v) is 2.25. The molecule has 3 rings (SSSR count). The van der Waals surface area contributed by atoms with Crippen LogP contribution in [0, 0.1) is 5.92 Å². The zero-order valence-electron chi connectivity index (χ0n) is 10.6. The minimum absolute atomic E-state index is 0.00361. The van der Waals surface area contributed by atoms with Gasteiger partial charge in [-0.15, -0.1) is 0 Å². The van der Waals surface area contributed by atoms with E-state index in [4.69, 9.17) is 4.42 Å². The summed E-state index contributed by atoms with van der Waals surface area (Å²) in [6, 6.07) is 3.79. The molecule has 96 valence electrons. The first-order valence-electron chi connectivity index (χ1n) is 6.64. The summed E-state index contributed by atoms with van der Waals surface area (Å²) < 4.78 is 7.49. The maximum Gasteiger partial charge on any atom is 0.268 e. The lowest BCUT2D eigenvalue weighted by molar-refractivity contribution is 0.0944. The van der Waals surface area contributed by atoms with Crippen LogP contribution in [0.25, 0.3) is 11.1 Å². The van der Waals surface area contributed by atoms with Crippen LogP contribution in [0.5, 0.6) is 0 Å². The van der Waals surface area contributed by atoms with Crippen molar-refractivity contribution in [3.63, 3.8) is 0 Å². The number of fused-ring (bicyclic) bond motifs is 1. The third-order valence-electron chi connectivity index (χ3n) is 3.43. The molecule has 0 aromatic carbocycles. The van der Waals surface area contributed by atoms with Crippen molar-refractivity contribution in [3.05, 3.63) is 24.1 Å². The molecule has 0 aliphatic heterocycles. The molecule has 18 heavy (non-hydrogen) atoms. The second kappa shape index (κ2) is 4.52. The van der Waals surface area contributed by atoms with Crippen LogP contribution in [0.4, 0.5) is 0 Å². The number of rotatable bonds is 5. The van der Waals surface area contributed by atoms with Crippen LogP contribution in [-0.4, -0.2) is 17.0 Å². The van der Waals surface area contributed by atoms with E-state index in [0.717, 1.165) is 42.2 Å². The van der Waals surface area contributed by atoms with Crippen LogP contribution in [0.2, 0.25) is 0 Å². The Bertz CT molecular complexity index is 563. The fraction of sp³-hybridized carbons (Fsp3) is 0.500. The minimum Gasteiger partial charge on any atom is -0.463 e. The Kier molecular flexibility index (Phi) is 2.86. The summed E-state index contributed by atoms with van der Waals surface area (Å²) in [5.74, 6) is 0.733. The maximum atomic E-state index is 12.1.